The average molecular weight is 289 g/mol. The number of rotatable bonds is 4. The molecular formula is C13H18F3N3O. The minimum atomic E-state index is -4.37. The number of nitrogens with zero attached hydrogens (tertiary/aromatic N) is 2. The summed E-state index contributed by atoms with van der Waals surface area (Å²) in [6.07, 6.45) is -3.54. The first-order chi connectivity index (χ1) is 9.50. The Morgan fingerprint density at radius 1 is 1.30 bits per heavy atom. The first-order valence-electron chi connectivity index (χ1n) is 6.66. The Bertz CT molecular complexity index is 445. The van der Waals surface area contributed by atoms with E-state index >= 15 is 0 Å². The number of morpholine rings is 1. The van der Waals surface area contributed by atoms with Gasteiger partial charge in [0.15, 0.2) is 0 Å². The third kappa shape index (κ3) is 3.75. The molecule has 2 heterocycles. The molecule has 1 fully saturated rings. The maximum absolute atomic E-state index is 12.9. The molecule has 1 aliphatic heterocycles. The summed E-state index contributed by atoms with van der Waals surface area (Å²) in [5.41, 5.74) is -0.674. The zero-order valence-electron chi connectivity index (χ0n) is 11.3. The Morgan fingerprint density at radius 2 is 2.00 bits per heavy atom. The topological polar surface area (TPSA) is 37.4 Å². The van der Waals surface area contributed by atoms with E-state index in [9.17, 15) is 13.2 Å². The van der Waals surface area contributed by atoms with Gasteiger partial charge in [-0.25, -0.2) is 4.98 Å². The first-order valence-corrected chi connectivity index (χ1v) is 6.66. The Morgan fingerprint density at radius 3 is 2.60 bits per heavy atom. The Balaban J connectivity index is 2.29. The number of anilines is 2. The molecule has 20 heavy (non-hydrogen) atoms. The summed E-state index contributed by atoms with van der Waals surface area (Å²) in [5, 5.41) is 2.92. The van der Waals surface area contributed by atoms with Gasteiger partial charge in [-0.3, -0.25) is 0 Å². The Labute approximate surface area is 115 Å². The summed E-state index contributed by atoms with van der Waals surface area (Å²) >= 11 is 0. The molecule has 0 aromatic carbocycles. The summed E-state index contributed by atoms with van der Waals surface area (Å²) in [6.45, 7) is 4.68. The van der Waals surface area contributed by atoms with Crippen molar-refractivity contribution in [2.45, 2.75) is 19.5 Å². The summed E-state index contributed by atoms with van der Waals surface area (Å²) in [5.74, 6) is 0.616. The SMILES string of the molecule is CCCNc1cc(C(F)(F)F)cc(N2CCOCC2)n1. The molecule has 7 heteroatoms. The summed E-state index contributed by atoms with van der Waals surface area (Å²) < 4.78 is 44.0. The van der Waals surface area contributed by atoms with Crippen LogP contribution in [0.15, 0.2) is 12.1 Å². The van der Waals surface area contributed by atoms with Gasteiger partial charge in [-0.2, -0.15) is 13.2 Å². The van der Waals surface area contributed by atoms with E-state index in [1.807, 2.05) is 11.8 Å². The van der Waals surface area contributed by atoms with Crippen molar-refractivity contribution in [1.82, 2.24) is 4.98 Å². The van der Waals surface area contributed by atoms with E-state index in [4.69, 9.17) is 4.74 Å². The smallest absolute Gasteiger partial charge is 0.378 e. The molecule has 1 saturated heterocycles. The van der Waals surface area contributed by atoms with E-state index in [2.05, 4.69) is 10.3 Å². The lowest BCUT2D eigenvalue weighted by atomic mass is 10.2. The van der Waals surface area contributed by atoms with E-state index in [-0.39, 0.29) is 5.82 Å². The molecule has 0 spiro atoms. The lowest BCUT2D eigenvalue weighted by Gasteiger charge is -2.28. The van der Waals surface area contributed by atoms with Crippen LogP contribution in [0.5, 0.6) is 0 Å². The molecule has 1 aromatic heterocycles. The lowest BCUT2D eigenvalue weighted by Crippen LogP contribution is -2.37. The van der Waals surface area contributed by atoms with Crippen molar-refractivity contribution in [3.63, 3.8) is 0 Å². The molecule has 0 saturated carbocycles. The van der Waals surface area contributed by atoms with E-state index in [0.717, 1.165) is 18.6 Å². The van der Waals surface area contributed by atoms with Crippen molar-refractivity contribution < 1.29 is 17.9 Å². The fourth-order valence-electron chi connectivity index (χ4n) is 1.98. The number of ether oxygens (including phenoxy) is 1. The fourth-order valence-corrected chi connectivity index (χ4v) is 1.98. The van der Waals surface area contributed by atoms with Crippen LogP contribution in [0, 0.1) is 0 Å². The van der Waals surface area contributed by atoms with Crippen molar-refractivity contribution in [1.29, 1.82) is 0 Å². The molecule has 2 rings (SSSR count). The highest BCUT2D eigenvalue weighted by Gasteiger charge is 2.32. The normalized spacial score (nSPS) is 16.3. The van der Waals surface area contributed by atoms with E-state index in [1.165, 1.54) is 0 Å². The van der Waals surface area contributed by atoms with Gasteiger partial charge in [0.2, 0.25) is 0 Å². The maximum Gasteiger partial charge on any atom is 0.416 e. The third-order valence-electron chi connectivity index (χ3n) is 3.03. The summed E-state index contributed by atoms with van der Waals surface area (Å²) in [4.78, 5) is 6.08. The van der Waals surface area contributed by atoms with Crippen LogP contribution in [-0.2, 0) is 10.9 Å². The minimum Gasteiger partial charge on any atom is -0.378 e. The van der Waals surface area contributed by atoms with Crippen LogP contribution in [0.25, 0.3) is 0 Å². The van der Waals surface area contributed by atoms with Crippen molar-refractivity contribution in [2.24, 2.45) is 0 Å². The van der Waals surface area contributed by atoms with Crippen LogP contribution < -0.4 is 10.2 Å². The van der Waals surface area contributed by atoms with Crippen LogP contribution in [0.1, 0.15) is 18.9 Å². The van der Waals surface area contributed by atoms with Gasteiger partial charge < -0.3 is 15.0 Å². The first kappa shape index (κ1) is 14.9. The molecule has 112 valence electrons. The summed E-state index contributed by atoms with van der Waals surface area (Å²) in [7, 11) is 0. The monoisotopic (exact) mass is 289 g/mol. The zero-order valence-corrected chi connectivity index (χ0v) is 11.3. The molecule has 4 nitrogen and oxygen atoms in total. The molecule has 1 aliphatic rings. The molecule has 0 bridgehead atoms. The average Bonchev–Trinajstić information content (AvgIpc) is 2.45. The predicted molar refractivity (Wildman–Crippen MR) is 71.1 cm³/mol. The van der Waals surface area contributed by atoms with E-state index in [1.54, 1.807) is 0 Å². The molecule has 0 unspecified atom stereocenters. The van der Waals surface area contributed by atoms with Crippen molar-refractivity contribution in [3.05, 3.63) is 17.7 Å². The highest BCUT2D eigenvalue weighted by atomic mass is 19.4. The molecule has 0 amide bonds. The lowest BCUT2D eigenvalue weighted by molar-refractivity contribution is -0.137. The van der Waals surface area contributed by atoms with Gasteiger partial charge in [0.1, 0.15) is 11.6 Å². The predicted octanol–water partition coefficient (Wildman–Crippen LogP) is 2.76. The van der Waals surface area contributed by atoms with Crippen molar-refractivity contribution >= 4 is 11.6 Å². The molecule has 0 radical (unpaired) electrons. The van der Waals surface area contributed by atoms with Gasteiger partial charge in [-0.15, -0.1) is 0 Å². The number of hydrogen-bond donors (Lipinski definition) is 1. The molecule has 1 aromatic rings. The quantitative estimate of drug-likeness (QED) is 0.925. The number of halogens is 3. The van der Waals surface area contributed by atoms with Crippen LogP contribution in [0.2, 0.25) is 0 Å². The van der Waals surface area contributed by atoms with Crippen molar-refractivity contribution in [3.8, 4) is 0 Å². The van der Waals surface area contributed by atoms with E-state index < -0.39 is 11.7 Å². The minimum absolute atomic E-state index is 0.267. The molecule has 1 N–H and O–H groups in total. The number of aromatic nitrogens is 1. The number of pyridine rings is 1. The second-order valence-electron chi connectivity index (χ2n) is 4.62. The Kier molecular flexibility index (Phi) is 4.69. The Hall–Kier alpha value is -1.50. The van der Waals surface area contributed by atoms with Crippen LogP contribution >= 0.6 is 0 Å². The highest BCUT2D eigenvalue weighted by molar-refractivity contribution is 5.51. The van der Waals surface area contributed by atoms with E-state index in [0.29, 0.717) is 38.7 Å². The fraction of sp³-hybridized carbons (Fsp3) is 0.615. The van der Waals surface area contributed by atoms with Crippen LogP contribution in [-0.4, -0.2) is 37.8 Å². The van der Waals surface area contributed by atoms with Gasteiger partial charge in [0.25, 0.3) is 0 Å². The van der Waals surface area contributed by atoms with Gasteiger partial charge in [0.05, 0.1) is 18.8 Å². The standard InChI is InChI=1S/C13H18F3N3O/c1-2-3-17-11-8-10(13(14,15)16)9-12(18-11)19-4-6-20-7-5-19/h8-9H,2-7H2,1H3,(H,17,18). The van der Waals surface area contributed by atoms with Gasteiger partial charge in [0, 0.05) is 19.6 Å². The van der Waals surface area contributed by atoms with Crippen LogP contribution in [0.4, 0.5) is 24.8 Å². The third-order valence-corrected chi connectivity index (χ3v) is 3.03. The van der Waals surface area contributed by atoms with Gasteiger partial charge in [-0.05, 0) is 18.6 Å². The molecule has 0 atom stereocenters. The van der Waals surface area contributed by atoms with Gasteiger partial charge in [-0.1, -0.05) is 6.92 Å². The number of alkyl halides is 3. The zero-order chi connectivity index (χ0) is 14.6. The maximum atomic E-state index is 12.9. The second kappa shape index (κ2) is 6.30. The molecule has 0 aliphatic carbocycles. The van der Waals surface area contributed by atoms with Gasteiger partial charge >= 0.3 is 6.18 Å². The molecular weight excluding hydrogens is 271 g/mol. The van der Waals surface area contributed by atoms with Crippen LogP contribution in [0.3, 0.4) is 0 Å². The largest absolute Gasteiger partial charge is 0.416 e. The summed E-state index contributed by atoms with van der Waals surface area (Å²) in [6, 6.07) is 2.15. The second-order valence-corrected chi connectivity index (χ2v) is 4.62. The van der Waals surface area contributed by atoms with Crippen molar-refractivity contribution in [2.75, 3.05) is 43.1 Å². The number of nitrogens with one attached hydrogen (secondary N) is 1. The highest BCUT2D eigenvalue weighted by Crippen LogP contribution is 2.33. The number of hydrogen-bond acceptors (Lipinski definition) is 4.